The number of pyridine rings is 1. The molecule has 0 radical (unpaired) electrons. The van der Waals surface area contributed by atoms with Crippen LogP contribution in [0.15, 0.2) is 18.3 Å². The number of carbonyl (C=O) groups is 1. The number of anilines is 1. The number of aromatic nitrogens is 1. The minimum Gasteiger partial charge on any atom is -0.383 e. The molecule has 1 aromatic heterocycles. The van der Waals surface area contributed by atoms with Crippen LogP contribution in [-0.2, 0) is 11.3 Å². The first-order valence-electron chi connectivity index (χ1n) is 9.94. The highest BCUT2D eigenvalue weighted by atomic mass is 16.2. The van der Waals surface area contributed by atoms with Crippen molar-refractivity contribution in [1.29, 1.82) is 0 Å². The van der Waals surface area contributed by atoms with E-state index in [0.29, 0.717) is 23.2 Å². The Hall–Kier alpha value is -1.66. The van der Waals surface area contributed by atoms with Gasteiger partial charge in [-0.25, -0.2) is 4.98 Å². The predicted molar refractivity (Wildman–Crippen MR) is 102 cm³/mol. The normalized spacial score (nSPS) is 27.3. The van der Waals surface area contributed by atoms with Crippen LogP contribution in [0.5, 0.6) is 0 Å². The van der Waals surface area contributed by atoms with Crippen LogP contribution in [0.25, 0.3) is 0 Å². The highest BCUT2D eigenvalue weighted by Crippen LogP contribution is 2.41. The quantitative estimate of drug-likeness (QED) is 0.890. The molecule has 6 nitrogen and oxygen atoms in total. The summed E-state index contributed by atoms with van der Waals surface area (Å²) in [5.41, 5.74) is 7.45. The van der Waals surface area contributed by atoms with Gasteiger partial charge in [0.25, 0.3) is 0 Å². The van der Waals surface area contributed by atoms with E-state index in [4.69, 9.17) is 5.73 Å². The minimum absolute atomic E-state index is 0.325. The minimum atomic E-state index is 0.325. The first-order valence-corrected chi connectivity index (χ1v) is 9.94. The maximum absolute atomic E-state index is 12.5. The molecular formula is C20H31N5O. The van der Waals surface area contributed by atoms with E-state index in [1.807, 2.05) is 6.07 Å². The fraction of sp³-hybridized carbons (Fsp3) is 0.700. The zero-order chi connectivity index (χ0) is 18.1. The Bertz CT molecular complexity index is 655. The zero-order valence-corrected chi connectivity index (χ0v) is 15.9. The highest BCUT2D eigenvalue weighted by molar-refractivity contribution is 5.77. The first kappa shape index (κ1) is 17.7. The van der Waals surface area contributed by atoms with Crippen molar-refractivity contribution < 1.29 is 4.79 Å². The van der Waals surface area contributed by atoms with Crippen molar-refractivity contribution in [3.8, 4) is 0 Å². The van der Waals surface area contributed by atoms with Crippen molar-refractivity contribution in [1.82, 2.24) is 19.7 Å². The molecule has 142 valence electrons. The van der Waals surface area contributed by atoms with E-state index in [0.717, 1.165) is 64.1 Å². The largest absolute Gasteiger partial charge is 0.383 e. The topological polar surface area (TPSA) is 65.7 Å². The second-order valence-electron chi connectivity index (χ2n) is 8.55. The zero-order valence-electron chi connectivity index (χ0n) is 15.9. The molecule has 3 saturated heterocycles. The molecule has 26 heavy (non-hydrogen) atoms. The van der Waals surface area contributed by atoms with Crippen LogP contribution in [0, 0.1) is 5.41 Å². The molecule has 3 fully saturated rings. The van der Waals surface area contributed by atoms with Gasteiger partial charge in [-0.1, -0.05) is 6.07 Å². The van der Waals surface area contributed by atoms with Gasteiger partial charge >= 0.3 is 0 Å². The van der Waals surface area contributed by atoms with Crippen LogP contribution >= 0.6 is 0 Å². The number of carbonyl (C=O) groups excluding carboxylic acids is 1. The van der Waals surface area contributed by atoms with Gasteiger partial charge < -0.3 is 15.5 Å². The number of hydrogen-bond acceptors (Lipinski definition) is 5. The van der Waals surface area contributed by atoms with E-state index in [-0.39, 0.29) is 0 Å². The molecular weight excluding hydrogens is 326 g/mol. The summed E-state index contributed by atoms with van der Waals surface area (Å²) in [6.45, 7) is 6.16. The van der Waals surface area contributed by atoms with Crippen molar-refractivity contribution in [3.63, 3.8) is 0 Å². The molecule has 4 heterocycles. The van der Waals surface area contributed by atoms with Gasteiger partial charge in [-0.3, -0.25) is 9.69 Å². The Labute approximate surface area is 156 Å². The summed E-state index contributed by atoms with van der Waals surface area (Å²) in [7, 11) is 2.16. The molecule has 0 bridgehead atoms. The smallest absolute Gasteiger partial charge is 0.222 e. The Morgan fingerprint density at radius 3 is 2.77 bits per heavy atom. The van der Waals surface area contributed by atoms with Gasteiger partial charge in [-0.2, -0.15) is 0 Å². The fourth-order valence-corrected chi connectivity index (χ4v) is 4.96. The number of nitrogens with two attached hydrogens (primary N) is 1. The number of nitrogen functional groups attached to an aromatic ring is 1. The molecule has 1 atom stereocenters. The average molecular weight is 358 g/mol. The van der Waals surface area contributed by atoms with Gasteiger partial charge in [-0.05, 0) is 63.8 Å². The summed E-state index contributed by atoms with van der Waals surface area (Å²) in [6, 6.07) is 4.46. The van der Waals surface area contributed by atoms with E-state index in [2.05, 4.69) is 32.8 Å². The van der Waals surface area contributed by atoms with Crippen LogP contribution in [0.2, 0.25) is 0 Å². The summed E-state index contributed by atoms with van der Waals surface area (Å²) in [5.74, 6) is 1.02. The Morgan fingerprint density at radius 2 is 2.08 bits per heavy atom. The molecule has 3 aliphatic rings. The summed E-state index contributed by atoms with van der Waals surface area (Å²) in [4.78, 5) is 23.8. The number of hydrogen-bond donors (Lipinski definition) is 1. The first-order chi connectivity index (χ1) is 12.5. The average Bonchev–Trinajstić information content (AvgIpc) is 3.07. The lowest BCUT2D eigenvalue weighted by atomic mass is 9.72. The Kier molecular flexibility index (Phi) is 4.88. The van der Waals surface area contributed by atoms with E-state index >= 15 is 0 Å². The second kappa shape index (κ2) is 7.16. The molecule has 0 aromatic carbocycles. The molecule has 6 heteroatoms. The summed E-state index contributed by atoms with van der Waals surface area (Å²) < 4.78 is 0. The van der Waals surface area contributed by atoms with Gasteiger partial charge in [0, 0.05) is 43.9 Å². The third-order valence-corrected chi connectivity index (χ3v) is 6.74. The van der Waals surface area contributed by atoms with E-state index < -0.39 is 0 Å². The SMILES string of the molecule is CN1CC[C@@H](N2CC3(CCC2=O)CCN(Cc2cccnc2N)CC3)C1. The van der Waals surface area contributed by atoms with Gasteiger partial charge in [0.1, 0.15) is 5.82 Å². The van der Waals surface area contributed by atoms with E-state index in [1.165, 1.54) is 12.8 Å². The van der Waals surface area contributed by atoms with E-state index in [1.54, 1.807) is 6.20 Å². The lowest BCUT2D eigenvalue weighted by Gasteiger charge is -2.49. The Morgan fingerprint density at radius 1 is 1.27 bits per heavy atom. The number of piperidine rings is 2. The third kappa shape index (κ3) is 3.58. The van der Waals surface area contributed by atoms with Crippen LogP contribution in [0.3, 0.4) is 0 Å². The monoisotopic (exact) mass is 357 g/mol. The van der Waals surface area contributed by atoms with Gasteiger partial charge in [0.15, 0.2) is 0 Å². The lowest BCUT2D eigenvalue weighted by molar-refractivity contribution is -0.142. The molecule has 3 aliphatic heterocycles. The maximum atomic E-state index is 12.5. The molecule has 0 unspecified atom stereocenters. The predicted octanol–water partition coefficient (Wildman–Crippen LogP) is 1.57. The standard InChI is InChI=1S/C20H31N5O/c1-23-10-5-17(14-23)25-15-20(6-4-18(25)26)7-11-24(12-8-20)13-16-3-2-9-22-19(16)21/h2-3,9,17H,4-8,10-15H2,1H3,(H2,21,22)/t17-/m1/s1. The van der Waals surface area contributed by atoms with Crippen LogP contribution < -0.4 is 5.73 Å². The summed E-state index contributed by atoms with van der Waals surface area (Å²) >= 11 is 0. The third-order valence-electron chi connectivity index (χ3n) is 6.74. The fourth-order valence-electron chi connectivity index (χ4n) is 4.96. The van der Waals surface area contributed by atoms with Crippen LogP contribution in [0.1, 0.15) is 37.7 Å². The van der Waals surface area contributed by atoms with Crippen LogP contribution in [0.4, 0.5) is 5.82 Å². The van der Waals surface area contributed by atoms with Crippen molar-refractivity contribution in [2.24, 2.45) is 5.41 Å². The van der Waals surface area contributed by atoms with Crippen molar-refractivity contribution >= 4 is 11.7 Å². The number of amides is 1. The molecule has 1 spiro atoms. The number of likely N-dealkylation sites (tertiary alicyclic amines) is 3. The molecule has 0 aliphatic carbocycles. The number of nitrogens with zero attached hydrogens (tertiary/aromatic N) is 4. The maximum Gasteiger partial charge on any atom is 0.222 e. The molecule has 2 N–H and O–H groups in total. The molecule has 1 aromatic rings. The van der Waals surface area contributed by atoms with Crippen molar-refractivity contribution in [3.05, 3.63) is 23.9 Å². The number of rotatable bonds is 3. The van der Waals surface area contributed by atoms with Crippen molar-refractivity contribution in [2.45, 2.75) is 44.7 Å². The lowest BCUT2D eigenvalue weighted by Crippen LogP contribution is -2.54. The van der Waals surface area contributed by atoms with E-state index in [9.17, 15) is 4.79 Å². The van der Waals surface area contributed by atoms with Gasteiger partial charge in [0.2, 0.25) is 5.91 Å². The molecule has 1 amide bonds. The summed E-state index contributed by atoms with van der Waals surface area (Å²) in [5, 5.41) is 0. The highest BCUT2D eigenvalue weighted by Gasteiger charge is 2.43. The Balaban J connectivity index is 1.37. The molecule has 0 saturated carbocycles. The van der Waals surface area contributed by atoms with Crippen molar-refractivity contribution in [2.75, 3.05) is 45.5 Å². The van der Waals surface area contributed by atoms with Gasteiger partial charge in [-0.15, -0.1) is 0 Å². The summed E-state index contributed by atoms with van der Waals surface area (Å²) in [6.07, 6.45) is 7.03. The number of likely N-dealkylation sites (N-methyl/N-ethyl adjacent to an activating group) is 1. The second-order valence-corrected chi connectivity index (χ2v) is 8.55. The van der Waals surface area contributed by atoms with Crippen LogP contribution in [-0.4, -0.2) is 71.4 Å². The van der Waals surface area contributed by atoms with Gasteiger partial charge in [0.05, 0.1) is 0 Å². The molecule has 4 rings (SSSR count).